The first-order valence-electron chi connectivity index (χ1n) is 7.70. The predicted molar refractivity (Wildman–Crippen MR) is 94.2 cm³/mol. The second-order valence-corrected chi connectivity index (χ2v) is 5.41. The zero-order chi connectivity index (χ0) is 16.8. The van der Waals surface area contributed by atoms with Crippen molar-refractivity contribution in [1.29, 1.82) is 0 Å². The lowest BCUT2D eigenvalue weighted by Gasteiger charge is -2.12. The molecule has 24 heavy (non-hydrogen) atoms. The highest BCUT2D eigenvalue weighted by Gasteiger charge is 2.08. The Hall–Kier alpha value is -2.99. The molecule has 0 spiro atoms. The van der Waals surface area contributed by atoms with Crippen LogP contribution in [-0.2, 0) is 0 Å². The minimum absolute atomic E-state index is 0.317. The number of benzene rings is 1. The fourth-order valence-corrected chi connectivity index (χ4v) is 2.25. The standard InChI is InChI=1S/C18H19N5O/c1-13-5-4-6-14(11-13)22-18-20-10-8-17(23-18)21-12-16(24)15-7-2-3-9-19-15/h2-11,16,24H,12H2,1H3,(H2,20,21,22,23). The van der Waals surface area contributed by atoms with E-state index in [2.05, 4.69) is 25.6 Å². The molecule has 0 aliphatic carbocycles. The second-order valence-electron chi connectivity index (χ2n) is 5.41. The highest BCUT2D eigenvalue weighted by atomic mass is 16.3. The molecule has 0 fully saturated rings. The van der Waals surface area contributed by atoms with Gasteiger partial charge in [0.05, 0.1) is 5.69 Å². The molecule has 1 aromatic carbocycles. The number of anilines is 3. The van der Waals surface area contributed by atoms with Crippen LogP contribution in [0.2, 0.25) is 0 Å². The quantitative estimate of drug-likeness (QED) is 0.647. The van der Waals surface area contributed by atoms with Crippen LogP contribution < -0.4 is 10.6 Å². The van der Waals surface area contributed by atoms with Crippen LogP contribution in [0.4, 0.5) is 17.5 Å². The second kappa shape index (κ2) is 7.52. The smallest absolute Gasteiger partial charge is 0.229 e. The van der Waals surface area contributed by atoms with Crippen molar-refractivity contribution in [2.24, 2.45) is 0 Å². The topological polar surface area (TPSA) is 83.0 Å². The number of hydrogen-bond acceptors (Lipinski definition) is 6. The molecule has 1 unspecified atom stereocenters. The van der Waals surface area contributed by atoms with Crippen LogP contribution in [0.15, 0.2) is 60.9 Å². The number of aryl methyl sites for hydroxylation is 1. The predicted octanol–water partition coefficient (Wildman–Crippen LogP) is 3.07. The van der Waals surface area contributed by atoms with Crippen LogP contribution in [0.5, 0.6) is 0 Å². The van der Waals surface area contributed by atoms with E-state index in [-0.39, 0.29) is 0 Å². The van der Waals surface area contributed by atoms with Gasteiger partial charge in [0.15, 0.2) is 0 Å². The third-order valence-electron chi connectivity index (χ3n) is 3.44. The van der Waals surface area contributed by atoms with Crippen LogP contribution in [0.25, 0.3) is 0 Å². The van der Waals surface area contributed by atoms with Gasteiger partial charge in [0, 0.05) is 24.6 Å². The third-order valence-corrected chi connectivity index (χ3v) is 3.44. The number of rotatable bonds is 6. The van der Waals surface area contributed by atoms with Crippen molar-refractivity contribution in [3.63, 3.8) is 0 Å². The zero-order valence-electron chi connectivity index (χ0n) is 13.3. The number of nitrogens with zero attached hydrogens (tertiary/aromatic N) is 3. The number of aliphatic hydroxyl groups excluding tert-OH is 1. The van der Waals surface area contributed by atoms with Crippen LogP contribution in [0.1, 0.15) is 17.4 Å². The lowest BCUT2D eigenvalue weighted by atomic mass is 10.2. The van der Waals surface area contributed by atoms with E-state index in [0.29, 0.717) is 24.0 Å². The fraction of sp³-hybridized carbons (Fsp3) is 0.167. The van der Waals surface area contributed by atoms with Crippen molar-refractivity contribution in [3.05, 3.63) is 72.2 Å². The Bertz CT molecular complexity index is 794. The molecule has 2 heterocycles. The molecule has 3 rings (SSSR count). The van der Waals surface area contributed by atoms with E-state index in [0.717, 1.165) is 11.3 Å². The minimum Gasteiger partial charge on any atom is -0.385 e. The van der Waals surface area contributed by atoms with Crippen LogP contribution in [0.3, 0.4) is 0 Å². The third kappa shape index (κ3) is 4.27. The molecule has 0 amide bonds. The van der Waals surface area contributed by atoms with Crippen molar-refractivity contribution in [1.82, 2.24) is 15.0 Å². The van der Waals surface area contributed by atoms with Crippen molar-refractivity contribution >= 4 is 17.5 Å². The Kier molecular flexibility index (Phi) is 4.98. The van der Waals surface area contributed by atoms with Crippen LogP contribution in [-0.4, -0.2) is 26.6 Å². The van der Waals surface area contributed by atoms with Crippen molar-refractivity contribution in [2.45, 2.75) is 13.0 Å². The van der Waals surface area contributed by atoms with E-state index in [1.165, 1.54) is 0 Å². The average molecular weight is 321 g/mol. The Morgan fingerprint density at radius 1 is 1.04 bits per heavy atom. The summed E-state index contributed by atoms with van der Waals surface area (Å²) in [4.78, 5) is 12.7. The number of hydrogen-bond donors (Lipinski definition) is 3. The maximum absolute atomic E-state index is 10.1. The highest BCUT2D eigenvalue weighted by Crippen LogP contribution is 2.16. The molecule has 0 radical (unpaired) electrons. The monoisotopic (exact) mass is 321 g/mol. The van der Waals surface area contributed by atoms with E-state index < -0.39 is 6.10 Å². The maximum atomic E-state index is 10.1. The molecule has 3 N–H and O–H groups in total. The SMILES string of the molecule is Cc1cccc(Nc2nccc(NCC(O)c3ccccn3)n2)c1. The van der Waals surface area contributed by atoms with Gasteiger partial charge in [0.1, 0.15) is 11.9 Å². The Balaban J connectivity index is 1.63. The zero-order valence-corrected chi connectivity index (χ0v) is 13.3. The van der Waals surface area contributed by atoms with E-state index in [1.54, 1.807) is 24.5 Å². The van der Waals surface area contributed by atoms with Gasteiger partial charge in [-0.2, -0.15) is 4.98 Å². The summed E-state index contributed by atoms with van der Waals surface area (Å²) in [6, 6.07) is 15.2. The van der Waals surface area contributed by atoms with Crippen molar-refractivity contribution in [3.8, 4) is 0 Å². The number of pyridine rings is 1. The van der Waals surface area contributed by atoms with E-state index >= 15 is 0 Å². The minimum atomic E-state index is -0.700. The molecule has 0 saturated heterocycles. The van der Waals surface area contributed by atoms with Gasteiger partial charge in [0.25, 0.3) is 0 Å². The summed E-state index contributed by atoms with van der Waals surface area (Å²) in [6.45, 7) is 2.35. The van der Waals surface area contributed by atoms with Gasteiger partial charge < -0.3 is 15.7 Å². The van der Waals surface area contributed by atoms with Gasteiger partial charge in [-0.05, 0) is 42.8 Å². The molecular formula is C18H19N5O. The summed E-state index contributed by atoms with van der Waals surface area (Å²) in [7, 11) is 0. The molecular weight excluding hydrogens is 302 g/mol. The molecule has 6 nitrogen and oxygen atoms in total. The first-order valence-corrected chi connectivity index (χ1v) is 7.70. The van der Waals surface area contributed by atoms with Crippen molar-refractivity contribution < 1.29 is 5.11 Å². The summed E-state index contributed by atoms with van der Waals surface area (Å²) in [5.41, 5.74) is 2.71. The maximum Gasteiger partial charge on any atom is 0.229 e. The average Bonchev–Trinajstić information content (AvgIpc) is 2.61. The van der Waals surface area contributed by atoms with E-state index in [4.69, 9.17) is 0 Å². The fourth-order valence-electron chi connectivity index (χ4n) is 2.25. The first kappa shape index (κ1) is 15.9. The van der Waals surface area contributed by atoms with Gasteiger partial charge in [-0.1, -0.05) is 18.2 Å². The number of nitrogens with one attached hydrogen (secondary N) is 2. The molecule has 1 atom stereocenters. The molecule has 6 heteroatoms. The molecule has 0 bridgehead atoms. The molecule has 0 aliphatic rings. The molecule has 122 valence electrons. The van der Waals surface area contributed by atoms with Crippen molar-refractivity contribution in [2.75, 3.05) is 17.2 Å². The lowest BCUT2D eigenvalue weighted by Crippen LogP contribution is -2.14. The van der Waals surface area contributed by atoms with Gasteiger partial charge >= 0.3 is 0 Å². The van der Waals surface area contributed by atoms with Gasteiger partial charge in [-0.25, -0.2) is 4.98 Å². The Morgan fingerprint density at radius 3 is 2.75 bits per heavy atom. The Labute approximate surface area is 140 Å². The lowest BCUT2D eigenvalue weighted by molar-refractivity contribution is 0.186. The Morgan fingerprint density at radius 2 is 1.96 bits per heavy atom. The number of aromatic nitrogens is 3. The van der Waals surface area contributed by atoms with E-state index in [1.807, 2.05) is 43.3 Å². The van der Waals surface area contributed by atoms with Gasteiger partial charge in [-0.3, -0.25) is 4.98 Å². The molecule has 3 aromatic rings. The summed E-state index contributed by atoms with van der Waals surface area (Å²) in [5, 5.41) is 16.4. The molecule has 0 aliphatic heterocycles. The first-order chi connectivity index (χ1) is 11.7. The van der Waals surface area contributed by atoms with Crippen LogP contribution in [0, 0.1) is 6.92 Å². The molecule has 2 aromatic heterocycles. The summed E-state index contributed by atoms with van der Waals surface area (Å²) >= 11 is 0. The number of aliphatic hydroxyl groups is 1. The highest BCUT2D eigenvalue weighted by molar-refractivity contribution is 5.55. The summed E-state index contributed by atoms with van der Waals surface area (Å²) in [5.74, 6) is 1.13. The largest absolute Gasteiger partial charge is 0.385 e. The van der Waals surface area contributed by atoms with Gasteiger partial charge in [0.2, 0.25) is 5.95 Å². The summed E-state index contributed by atoms with van der Waals surface area (Å²) < 4.78 is 0. The van der Waals surface area contributed by atoms with Crippen LogP contribution >= 0.6 is 0 Å². The molecule has 0 saturated carbocycles. The normalized spacial score (nSPS) is 11.8. The summed E-state index contributed by atoms with van der Waals surface area (Å²) in [6.07, 6.45) is 2.63. The van der Waals surface area contributed by atoms with Gasteiger partial charge in [-0.15, -0.1) is 0 Å². The van der Waals surface area contributed by atoms with E-state index in [9.17, 15) is 5.11 Å².